The Morgan fingerprint density at radius 2 is 2.24 bits per heavy atom. The van der Waals surface area contributed by atoms with Gasteiger partial charge in [0.2, 0.25) is 0 Å². The number of rotatable bonds is 4. The summed E-state index contributed by atoms with van der Waals surface area (Å²) < 4.78 is 1.87. The average molecular weight is 285 g/mol. The van der Waals surface area contributed by atoms with Crippen LogP contribution in [0.4, 0.5) is 5.69 Å². The highest BCUT2D eigenvalue weighted by atomic mass is 15.2. The van der Waals surface area contributed by atoms with Gasteiger partial charge in [0.15, 0.2) is 0 Å². The maximum atomic E-state index is 4.73. The van der Waals surface area contributed by atoms with E-state index in [-0.39, 0.29) is 0 Å². The zero-order valence-corrected chi connectivity index (χ0v) is 13.0. The standard InChI is InChI=1S/C16H23N5/c1-12-6-15(17-2)7-16(19-12)14-4-5-21(11-14)10-13-8-18-20(3)9-13/h6-9,14H,4-5,10-11H2,1-3H3,(H,17,19). The van der Waals surface area contributed by atoms with Gasteiger partial charge < -0.3 is 5.32 Å². The molecule has 2 aromatic rings. The third-order valence-electron chi connectivity index (χ3n) is 4.12. The summed E-state index contributed by atoms with van der Waals surface area (Å²) in [4.78, 5) is 7.22. The Kier molecular flexibility index (Phi) is 3.92. The predicted octanol–water partition coefficient (Wildman–Crippen LogP) is 2.15. The predicted molar refractivity (Wildman–Crippen MR) is 84.4 cm³/mol. The van der Waals surface area contributed by atoms with Gasteiger partial charge in [0, 0.05) is 61.9 Å². The Morgan fingerprint density at radius 1 is 1.38 bits per heavy atom. The van der Waals surface area contributed by atoms with Crippen LogP contribution in [-0.4, -0.2) is 39.8 Å². The quantitative estimate of drug-likeness (QED) is 0.935. The van der Waals surface area contributed by atoms with E-state index in [1.54, 1.807) is 0 Å². The Labute approximate surface area is 126 Å². The van der Waals surface area contributed by atoms with Gasteiger partial charge in [-0.25, -0.2) is 0 Å². The van der Waals surface area contributed by atoms with Gasteiger partial charge in [0.25, 0.3) is 0 Å². The number of aromatic nitrogens is 3. The lowest BCUT2D eigenvalue weighted by molar-refractivity contribution is 0.326. The van der Waals surface area contributed by atoms with Crippen molar-refractivity contribution in [1.82, 2.24) is 19.7 Å². The van der Waals surface area contributed by atoms with Crippen molar-refractivity contribution in [3.63, 3.8) is 0 Å². The van der Waals surface area contributed by atoms with Gasteiger partial charge in [-0.3, -0.25) is 14.6 Å². The van der Waals surface area contributed by atoms with E-state index in [1.807, 2.05) is 25.0 Å². The van der Waals surface area contributed by atoms with Crippen LogP contribution in [0.2, 0.25) is 0 Å². The molecule has 0 radical (unpaired) electrons. The molecule has 1 fully saturated rings. The molecule has 112 valence electrons. The molecule has 0 bridgehead atoms. The zero-order valence-electron chi connectivity index (χ0n) is 13.0. The van der Waals surface area contributed by atoms with Crippen LogP contribution in [0.3, 0.4) is 0 Å². The summed E-state index contributed by atoms with van der Waals surface area (Å²) in [6.07, 6.45) is 5.23. The first kappa shape index (κ1) is 14.1. The Bertz CT molecular complexity index is 619. The number of hydrogen-bond donors (Lipinski definition) is 1. The van der Waals surface area contributed by atoms with E-state index < -0.39 is 0 Å². The van der Waals surface area contributed by atoms with Crippen molar-refractivity contribution in [2.75, 3.05) is 25.5 Å². The van der Waals surface area contributed by atoms with Gasteiger partial charge in [0.1, 0.15) is 0 Å². The lowest BCUT2D eigenvalue weighted by atomic mass is 10.0. The molecule has 3 heterocycles. The Hall–Kier alpha value is -1.88. The first-order chi connectivity index (χ1) is 10.1. The minimum absolute atomic E-state index is 0.536. The van der Waals surface area contributed by atoms with E-state index in [2.05, 4.69) is 40.6 Å². The second kappa shape index (κ2) is 5.85. The minimum Gasteiger partial charge on any atom is -0.388 e. The first-order valence-electron chi connectivity index (χ1n) is 7.50. The summed E-state index contributed by atoms with van der Waals surface area (Å²) in [7, 11) is 3.92. The average Bonchev–Trinajstić information content (AvgIpc) is 3.08. The number of nitrogens with zero attached hydrogens (tertiary/aromatic N) is 4. The molecule has 1 aliphatic heterocycles. The van der Waals surface area contributed by atoms with Crippen molar-refractivity contribution in [3.8, 4) is 0 Å². The summed E-state index contributed by atoms with van der Waals surface area (Å²) in [5.74, 6) is 0.536. The molecule has 0 aliphatic carbocycles. The SMILES string of the molecule is CNc1cc(C)nc(C2CCN(Cc3cnn(C)c3)C2)c1. The van der Waals surface area contributed by atoms with Crippen LogP contribution in [0, 0.1) is 6.92 Å². The molecular weight excluding hydrogens is 262 g/mol. The van der Waals surface area contributed by atoms with E-state index in [1.165, 1.54) is 17.7 Å². The summed E-state index contributed by atoms with van der Waals surface area (Å²) >= 11 is 0. The normalized spacial score (nSPS) is 19.1. The molecule has 1 atom stereocenters. The van der Waals surface area contributed by atoms with Crippen molar-refractivity contribution in [3.05, 3.63) is 41.5 Å². The van der Waals surface area contributed by atoms with Gasteiger partial charge in [-0.05, 0) is 32.0 Å². The monoisotopic (exact) mass is 285 g/mol. The van der Waals surface area contributed by atoms with Crippen LogP contribution in [-0.2, 0) is 13.6 Å². The van der Waals surface area contributed by atoms with Crippen LogP contribution in [0.1, 0.15) is 29.3 Å². The zero-order chi connectivity index (χ0) is 14.8. The van der Waals surface area contributed by atoms with Crippen molar-refractivity contribution in [2.45, 2.75) is 25.8 Å². The van der Waals surface area contributed by atoms with E-state index >= 15 is 0 Å². The largest absolute Gasteiger partial charge is 0.388 e. The van der Waals surface area contributed by atoms with Gasteiger partial charge in [-0.2, -0.15) is 5.10 Å². The first-order valence-corrected chi connectivity index (χ1v) is 7.50. The molecule has 21 heavy (non-hydrogen) atoms. The fourth-order valence-corrected chi connectivity index (χ4v) is 3.08. The number of pyridine rings is 1. The van der Waals surface area contributed by atoms with Crippen LogP contribution in [0.5, 0.6) is 0 Å². The molecule has 3 rings (SSSR count). The number of hydrogen-bond acceptors (Lipinski definition) is 4. The number of aryl methyl sites for hydroxylation is 2. The van der Waals surface area contributed by atoms with E-state index in [4.69, 9.17) is 4.98 Å². The lowest BCUT2D eigenvalue weighted by Gasteiger charge is -2.15. The maximum Gasteiger partial charge on any atom is 0.0534 e. The van der Waals surface area contributed by atoms with Crippen molar-refractivity contribution in [1.29, 1.82) is 0 Å². The second-order valence-electron chi connectivity index (χ2n) is 5.92. The van der Waals surface area contributed by atoms with Crippen LogP contribution in [0.25, 0.3) is 0 Å². The van der Waals surface area contributed by atoms with Gasteiger partial charge in [0.05, 0.1) is 6.20 Å². The Balaban J connectivity index is 1.67. The molecule has 5 heteroatoms. The number of anilines is 1. The highest BCUT2D eigenvalue weighted by molar-refractivity contribution is 5.45. The van der Waals surface area contributed by atoms with Gasteiger partial charge in [-0.15, -0.1) is 0 Å². The van der Waals surface area contributed by atoms with E-state index in [9.17, 15) is 0 Å². The third-order valence-corrected chi connectivity index (χ3v) is 4.12. The smallest absolute Gasteiger partial charge is 0.0534 e. The molecule has 0 amide bonds. The third kappa shape index (κ3) is 3.24. The lowest BCUT2D eigenvalue weighted by Crippen LogP contribution is -2.19. The second-order valence-corrected chi connectivity index (χ2v) is 5.92. The molecule has 1 N–H and O–H groups in total. The fraction of sp³-hybridized carbons (Fsp3) is 0.500. The van der Waals surface area contributed by atoms with Crippen LogP contribution >= 0.6 is 0 Å². The number of likely N-dealkylation sites (tertiary alicyclic amines) is 1. The van der Waals surface area contributed by atoms with Crippen LogP contribution in [0.15, 0.2) is 24.5 Å². The van der Waals surface area contributed by atoms with Gasteiger partial charge in [-0.1, -0.05) is 0 Å². The molecule has 0 spiro atoms. The van der Waals surface area contributed by atoms with Crippen molar-refractivity contribution < 1.29 is 0 Å². The maximum absolute atomic E-state index is 4.73. The summed E-state index contributed by atoms with van der Waals surface area (Å²) in [6.45, 7) is 5.25. The number of nitrogens with one attached hydrogen (secondary N) is 1. The summed E-state index contributed by atoms with van der Waals surface area (Å²) in [5, 5.41) is 7.46. The molecule has 0 aromatic carbocycles. The summed E-state index contributed by atoms with van der Waals surface area (Å²) in [5.41, 5.74) is 4.74. The van der Waals surface area contributed by atoms with Crippen LogP contribution < -0.4 is 5.32 Å². The molecule has 2 aromatic heterocycles. The molecule has 0 saturated carbocycles. The van der Waals surface area contributed by atoms with Crippen molar-refractivity contribution >= 4 is 5.69 Å². The van der Waals surface area contributed by atoms with Gasteiger partial charge >= 0.3 is 0 Å². The fourth-order valence-electron chi connectivity index (χ4n) is 3.08. The topological polar surface area (TPSA) is 46.0 Å². The molecule has 1 aliphatic rings. The summed E-state index contributed by atoms with van der Waals surface area (Å²) in [6, 6.07) is 4.27. The highest BCUT2D eigenvalue weighted by Crippen LogP contribution is 2.28. The Morgan fingerprint density at radius 3 is 2.95 bits per heavy atom. The molecule has 5 nitrogen and oxygen atoms in total. The van der Waals surface area contributed by atoms with Crippen molar-refractivity contribution in [2.24, 2.45) is 7.05 Å². The molecule has 1 saturated heterocycles. The van der Waals surface area contributed by atoms with E-state index in [0.29, 0.717) is 5.92 Å². The molecular formula is C16H23N5. The highest BCUT2D eigenvalue weighted by Gasteiger charge is 2.25. The minimum atomic E-state index is 0.536. The molecule has 1 unspecified atom stereocenters. The van der Waals surface area contributed by atoms with E-state index in [0.717, 1.165) is 31.0 Å².